The number of aromatic nitrogens is 8. The van der Waals surface area contributed by atoms with Crippen LogP contribution in [0.2, 0.25) is 0 Å². The van der Waals surface area contributed by atoms with E-state index in [4.69, 9.17) is 4.74 Å². The van der Waals surface area contributed by atoms with Gasteiger partial charge in [0.2, 0.25) is 23.6 Å². The van der Waals surface area contributed by atoms with Crippen LogP contribution in [-0.4, -0.2) is 173 Å². The lowest BCUT2D eigenvalue weighted by atomic mass is 9.73. The van der Waals surface area contributed by atoms with Crippen molar-refractivity contribution in [1.82, 2.24) is 58.7 Å². The van der Waals surface area contributed by atoms with E-state index in [0.717, 1.165) is 189 Å². The molecular weight excluding hydrogens is 1680 g/mol. The number of nitrogens with zero attached hydrogens (tertiary/aromatic N) is 16. The topological polar surface area (TPSA) is 175 Å². The fourth-order valence-electron chi connectivity index (χ4n) is 23.3. The molecular formula is C107H115F5N16O5. The van der Waals surface area contributed by atoms with Crippen molar-refractivity contribution in [2.75, 3.05) is 91.7 Å². The van der Waals surface area contributed by atoms with E-state index < -0.39 is 33.3 Å². The highest BCUT2D eigenvalue weighted by Gasteiger charge is 2.59. The molecule has 2 saturated carbocycles. The largest absolute Gasteiger partial charge is 0.380 e. The van der Waals surface area contributed by atoms with E-state index in [1.54, 1.807) is 95.6 Å². The minimum Gasteiger partial charge on any atom is -0.380 e. The SMILES string of the molecule is CC(C)CN1CCC2(C1)C(=O)N(Cc1ccc(-c3cnn(C)c3)cc1F)c1ccccc12.Cn1cc(-c2cc(F)c(CN3C(=O)C4(CCN(C5CCCC5)C4)c4ccccc43)cc2F)cn1.Cn1cc(-c2ccc(CN3C(=O)C4(CCN(C5CCC5)C4)c4ccccc43)c(F)c2)cn1.Cn1cc(-c2ccc(CN3C(=O)C4(CCN(C5CCCOC5)CC4)c4ccccc43)c(F)c2)cn1. The summed E-state index contributed by atoms with van der Waals surface area (Å²) in [6.45, 7) is 14.6. The van der Waals surface area contributed by atoms with Crippen LogP contribution in [0.15, 0.2) is 213 Å². The molecule has 13 heterocycles. The van der Waals surface area contributed by atoms with Crippen LogP contribution in [-0.2, 0) is 99.9 Å². The maximum Gasteiger partial charge on any atom is 0.239 e. The van der Waals surface area contributed by atoms with Crippen molar-refractivity contribution in [2.24, 2.45) is 34.1 Å². The predicted molar refractivity (Wildman–Crippen MR) is 504 cm³/mol. The molecule has 133 heavy (non-hydrogen) atoms. The Morgan fingerprint density at radius 3 is 1.08 bits per heavy atom. The zero-order valence-electron chi connectivity index (χ0n) is 76.6. The van der Waals surface area contributed by atoms with Gasteiger partial charge in [-0.1, -0.05) is 142 Å². The molecule has 0 radical (unpaired) electrons. The number of halogens is 5. The number of aryl methyl sites for hydroxylation is 4. The van der Waals surface area contributed by atoms with Crippen LogP contribution in [0.5, 0.6) is 0 Å². The zero-order chi connectivity index (χ0) is 91.8. The van der Waals surface area contributed by atoms with Gasteiger partial charge in [0.15, 0.2) is 0 Å². The number of fused-ring (bicyclic) bond motifs is 8. The Morgan fingerprint density at radius 2 is 0.699 bits per heavy atom. The molecule has 0 N–H and O–H groups in total. The summed E-state index contributed by atoms with van der Waals surface area (Å²) in [4.78, 5) is 72.5. The Hall–Kier alpha value is -12.1. The van der Waals surface area contributed by atoms with E-state index in [-0.39, 0.29) is 78.4 Å². The molecule has 11 aliphatic rings. The van der Waals surface area contributed by atoms with E-state index in [0.29, 0.717) is 52.8 Å². The van der Waals surface area contributed by atoms with Gasteiger partial charge in [0.1, 0.15) is 29.1 Å². The first kappa shape index (κ1) is 88.8. The Kier molecular flexibility index (Phi) is 24.3. The number of hydrogen-bond donors (Lipinski definition) is 0. The van der Waals surface area contributed by atoms with Gasteiger partial charge >= 0.3 is 0 Å². The highest BCUT2D eigenvalue weighted by atomic mass is 19.1. The fraction of sp³-hybridized carbons (Fsp3) is 0.402. The number of carbonyl (C=O) groups excluding carboxylic acids is 4. The molecule has 21 nitrogen and oxygen atoms in total. The maximum atomic E-state index is 15.2. The van der Waals surface area contributed by atoms with Gasteiger partial charge in [-0.05, 0) is 203 Å². The number of benzene rings is 8. The van der Waals surface area contributed by atoms with Crippen LogP contribution in [0.25, 0.3) is 44.5 Å². The summed E-state index contributed by atoms with van der Waals surface area (Å²) in [5.41, 5.74) is 13.2. The van der Waals surface area contributed by atoms with Crippen LogP contribution < -0.4 is 19.6 Å². The molecule has 23 rings (SSSR count). The van der Waals surface area contributed by atoms with Gasteiger partial charge in [0, 0.05) is 177 Å². The molecule has 12 aromatic rings. The zero-order valence-corrected chi connectivity index (χ0v) is 76.6. The molecule has 7 fully saturated rings. The van der Waals surface area contributed by atoms with Crippen molar-refractivity contribution in [3.8, 4) is 44.5 Å². The van der Waals surface area contributed by atoms with Gasteiger partial charge < -0.3 is 29.2 Å². The fourth-order valence-corrected chi connectivity index (χ4v) is 23.3. The molecule has 26 heteroatoms. The molecule has 688 valence electrons. The summed E-state index contributed by atoms with van der Waals surface area (Å²) in [6.07, 6.45) is 28.9. The van der Waals surface area contributed by atoms with Gasteiger partial charge in [-0.2, -0.15) is 20.4 Å². The highest BCUT2D eigenvalue weighted by Crippen LogP contribution is 2.54. The number of amides is 4. The number of piperidine rings is 1. The van der Waals surface area contributed by atoms with Gasteiger partial charge in [0.25, 0.3) is 0 Å². The minimum atomic E-state index is -0.593. The summed E-state index contributed by atoms with van der Waals surface area (Å²) in [5, 5.41) is 16.6. The molecule has 8 aromatic carbocycles. The monoisotopic (exact) mass is 1800 g/mol. The van der Waals surface area contributed by atoms with Crippen molar-refractivity contribution in [3.05, 3.63) is 287 Å². The third kappa shape index (κ3) is 16.6. The van der Waals surface area contributed by atoms with E-state index in [1.165, 1.54) is 69.3 Å². The first-order chi connectivity index (χ1) is 64.4. The lowest BCUT2D eigenvalue weighted by Crippen LogP contribution is -2.52. The second-order valence-corrected chi connectivity index (χ2v) is 39.2. The summed E-state index contributed by atoms with van der Waals surface area (Å²) < 4.78 is 88.0. The average Bonchev–Trinajstić information content (AvgIpc) is 1.57. The molecule has 0 bridgehead atoms. The number of hydrogen-bond acceptors (Lipinski definition) is 13. The number of rotatable bonds is 17. The van der Waals surface area contributed by atoms with Crippen LogP contribution in [0, 0.1) is 35.0 Å². The van der Waals surface area contributed by atoms with Gasteiger partial charge in [0.05, 0.1) is 79.2 Å². The first-order valence-corrected chi connectivity index (χ1v) is 47.4. The molecule has 5 saturated heterocycles. The van der Waals surface area contributed by atoms with Crippen LogP contribution in [0.4, 0.5) is 44.7 Å². The molecule has 4 atom stereocenters. The highest BCUT2D eigenvalue weighted by molar-refractivity contribution is 6.11. The van der Waals surface area contributed by atoms with Crippen LogP contribution >= 0.6 is 0 Å². The van der Waals surface area contributed by atoms with Crippen molar-refractivity contribution >= 4 is 46.4 Å². The summed E-state index contributed by atoms with van der Waals surface area (Å²) in [7, 11) is 7.25. The summed E-state index contributed by atoms with van der Waals surface area (Å²) in [5.74, 6) is -1.05. The quantitative estimate of drug-likeness (QED) is 0.0788. The van der Waals surface area contributed by atoms with E-state index >= 15 is 17.6 Å². The van der Waals surface area contributed by atoms with Crippen molar-refractivity contribution in [2.45, 2.75) is 170 Å². The average molecular weight is 1800 g/mol. The molecule has 4 aromatic heterocycles. The molecule has 9 aliphatic heterocycles. The van der Waals surface area contributed by atoms with Gasteiger partial charge in [-0.3, -0.25) is 52.6 Å². The Balaban J connectivity index is 0.000000110. The van der Waals surface area contributed by atoms with E-state index in [1.807, 2.05) is 142 Å². The third-order valence-corrected chi connectivity index (χ3v) is 30.5. The second kappa shape index (κ2) is 36.4. The lowest BCUT2D eigenvalue weighted by Gasteiger charge is -2.43. The number of anilines is 4. The van der Waals surface area contributed by atoms with Crippen molar-refractivity contribution in [1.29, 1.82) is 0 Å². The smallest absolute Gasteiger partial charge is 0.239 e. The summed E-state index contributed by atoms with van der Waals surface area (Å²) in [6, 6.07) is 51.8. The Labute approximate surface area is 773 Å². The standard InChI is InChI=1S/C28H31FN4O2.C27H28F2N4O.C26H27FN4O.C26H29FN4O/c1-31-17-22(16-30-31)20-8-9-21(25(29)15-20)18-33-26-7-3-2-6-24(26)28(27(33)34)10-12-32(13-11-28)23-5-4-14-35-19-23;1-31-15-19(14-30-31)21-13-23(28)18(12-24(21)29)16-33-25-9-5-4-8-22(25)27(26(33)34)10-11-32(17-27)20-6-2-3-7-20;1-29-15-20(14-28-29)18-9-10-19(23(27)13-18)16-31-24-8-3-2-7-22(24)26(25(31)32)11-12-30(17-26)21-5-4-6-21;1-18(2)14-30-11-10-26(17-30)22-6-4-5-7-24(22)31(25(26)32)16-20-9-8-19(12-23(20)27)21-13-28-29(3)15-21/h2-3,6-9,15-17,23H,4-5,10-14,18-19H2,1H3;4-5,8-9,12-15,20H,2-3,6-7,10-11,16-17H2,1H3;2-3,7-10,13-15,21H,4-6,11-12,16-17H2,1H3;4-9,12-13,15,18H,10-11,14,16-17H2,1-3H3. The number of ether oxygens (including phenoxy) is 1. The van der Waals surface area contributed by atoms with Crippen LogP contribution in [0.3, 0.4) is 0 Å². The van der Waals surface area contributed by atoms with Gasteiger partial charge in [-0.15, -0.1) is 0 Å². The van der Waals surface area contributed by atoms with Gasteiger partial charge in [-0.25, -0.2) is 22.0 Å². The van der Waals surface area contributed by atoms with Crippen LogP contribution in [0.1, 0.15) is 148 Å². The van der Waals surface area contributed by atoms with E-state index in [2.05, 4.69) is 72.0 Å². The third-order valence-electron chi connectivity index (χ3n) is 30.5. The Bertz CT molecular complexity index is 6400. The maximum absolute atomic E-state index is 15.2. The molecule has 4 unspecified atom stereocenters. The lowest BCUT2D eigenvalue weighted by molar-refractivity contribution is -0.126. The van der Waals surface area contributed by atoms with E-state index in [9.17, 15) is 23.6 Å². The Morgan fingerprint density at radius 1 is 0.353 bits per heavy atom. The minimum absolute atomic E-state index is 0.00495. The summed E-state index contributed by atoms with van der Waals surface area (Å²) >= 11 is 0. The van der Waals surface area contributed by atoms with Crippen molar-refractivity contribution < 1.29 is 45.9 Å². The molecule has 4 amide bonds. The number of carbonyl (C=O) groups is 4. The molecule has 2 aliphatic carbocycles. The van der Waals surface area contributed by atoms with Crippen molar-refractivity contribution in [3.63, 3.8) is 0 Å². The normalized spacial score (nSPS) is 22.2. The predicted octanol–water partition coefficient (Wildman–Crippen LogP) is 17.7. The molecule has 4 spiro atoms. The second-order valence-electron chi connectivity index (χ2n) is 39.2. The number of likely N-dealkylation sites (tertiary alicyclic amines) is 4. The first-order valence-electron chi connectivity index (χ1n) is 47.4. The number of para-hydroxylation sites is 4.